The summed E-state index contributed by atoms with van der Waals surface area (Å²) in [6.45, 7) is 1.20. The second kappa shape index (κ2) is 5.01. The van der Waals surface area contributed by atoms with Gasteiger partial charge in [-0.2, -0.15) is 0 Å². The Morgan fingerprint density at radius 2 is 2.29 bits per heavy atom. The molecule has 6 heteroatoms. The van der Waals surface area contributed by atoms with Crippen LogP contribution in [0.4, 0.5) is 11.4 Å². The van der Waals surface area contributed by atoms with E-state index in [1.165, 1.54) is 6.07 Å². The van der Waals surface area contributed by atoms with E-state index in [0.717, 1.165) is 23.9 Å². The molecule has 92 valence electrons. The molecule has 1 atom stereocenters. The Hall–Kier alpha value is -1.14. The molecule has 1 aromatic carbocycles. The molecule has 1 heterocycles. The number of hydrogen-bond acceptors (Lipinski definition) is 4. The van der Waals surface area contributed by atoms with E-state index in [2.05, 4.69) is 15.9 Å². The van der Waals surface area contributed by atoms with Crippen LogP contribution in [-0.2, 0) is 0 Å². The lowest BCUT2D eigenvalue weighted by Gasteiger charge is -2.31. The van der Waals surface area contributed by atoms with Gasteiger partial charge in [0.1, 0.15) is 5.69 Å². The standard InChI is InChI=1S/C11H13BrN2O3/c12-8-3-4-10(14(16)17)11(6-8)13-5-1-2-9(15)7-13/h3-4,6,9,15H,1-2,5,7H2/t9-/m0/s1. The van der Waals surface area contributed by atoms with Crippen molar-refractivity contribution in [3.05, 3.63) is 32.8 Å². The molecule has 1 aromatic rings. The van der Waals surface area contributed by atoms with Crippen LogP contribution in [0.15, 0.2) is 22.7 Å². The highest BCUT2D eigenvalue weighted by molar-refractivity contribution is 9.10. The molecule has 0 radical (unpaired) electrons. The van der Waals surface area contributed by atoms with Crippen molar-refractivity contribution in [1.29, 1.82) is 0 Å². The van der Waals surface area contributed by atoms with E-state index < -0.39 is 6.10 Å². The number of piperidine rings is 1. The van der Waals surface area contributed by atoms with E-state index in [1.807, 2.05) is 4.90 Å². The Kier molecular flexibility index (Phi) is 3.63. The van der Waals surface area contributed by atoms with Crippen LogP contribution >= 0.6 is 15.9 Å². The van der Waals surface area contributed by atoms with E-state index >= 15 is 0 Å². The van der Waals surface area contributed by atoms with Gasteiger partial charge in [-0.3, -0.25) is 10.1 Å². The second-order valence-corrected chi connectivity index (χ2v) is 5.05. The van der Waals surface area contributed by atoms with Crippen molar-refractivity contribution in [3.8, 4) is 0 Å². The van der Waals surface area contributed by atoms with Gasteiger partial charge in [-0.25, -0.2) is 0 Å². The van der Waals surface area contributed by atoms with Crippen molar-refractivity contribution < 1.29 is 10.0 Å². The average Bonchev–Trinajstić information content (AvgIpc) is 2.28. The van der Waals surface area contributed by atoms with Crippen LogP contribution in [0.25, 0.3) is 0 Å². The maximum Gasteiger partial charge on any atom is 0.292 e. The average molecular weight is 301 g/mol. The Labute approximate surface area is 107 Å². The fraction of sp³-hybridized carbons (Fsp3) is 0.455. The van der Waals surface area contributed by atoms with Crippen LogP contribution in [0.3, 0.4) is 0 Å². The molecule has 0 unspecified atom stereocenters. The number of benzene rings is 1. The van der Waals surface area contributed by atoms with Crippen LogP contribution in [0.2, 0.25) is 0 Å². The molecule has 1 fully saturated rings. The predicted molar refractivity (Wildman–Crippen MR) is 68.3 cm³/mol. The maximum atomic E-state index is 11.0. The summed E-state index contributed by atoms with van der Waals surface area (Å²) in [5.41, 5.74) is 0.658. The minimum absolute atomic E-state index is 0.0855. The first kappa shape index (κ1) is 12.3. The van der Waals surface area contributed by atoms with Gasteiger partial charge >= 0.3 is 0 Å². The van der Waals surface area contributed by atoms with Crippen molar-refractivity contribution in [3.63, 3.8) is 0 Å². The monoisotopic (exact) mass is 300 g/mol. The Bertz CT molecular complexity index is 439. The number of halogens is 1. The molecule has 5 nitrogen and oxygen atoms in total. The lowest BCUT2D eigenvalue weighted by atomic mass is 10.1. The quantitative estimate of drug-likeness (QED) is 0.672. The summed E-state index contributed by atoms with van der Waals surface area (Å²) >= 11 is 3.32. The molecule has 2 rings (SSSR count). The Morgan fingerprint density at radius 3 is 2.94 bits per heavy atom. The smallest absolute Gasteiger partial charge is 0.292 e. The molecule has 1 saturated heterocycles. The van der Waals surface area contributed by atoms with E-state index in [0.29, 0.717) is 12.2 Å². The fourth-order valence-electron chi connectivity index (χ4n) is 2.08. The molecule has 0 aliphatic carbocycles. The third kappa shape index (κ3) is 2.76. The predicted octanol–water partition coefficient (Wildman–Crippen LogP) is 2.32. The molecule has 0 saturated carbocycles. The summed E-state index contributed by atoms with van der Waals surface area (Å²) in [5, 5.41) is 20.6. The van der Waals surface area contributed by atoms with Gasteiger partial charge in [-0.05, 0) is 25.0 Å². The summed E-state index contributed by atoms with van der Waals surface area (Å²) in [4.78, 5) is 12.4. The highest BCUT2D eigenvalue weighted by atomic mass is 79.9. The minimum atomic E-state index is -0.401. The van der Waals surface area contributed by atoms with Gasteiger partial charge in [0.25, 0.3) is 5.69 Å². The van der Waals surface area contributed by atoms with Crippen molar-refractivity contribution in [2.45, 2.75) is 18.9 Å². The number of nitro groups is 1. The van der Waals surface area contributed by atoms with E-state index in [1.54, 1.807) is 12.1 Å². The first-order valence-corrected chi connectivity index (χ1v) is 6.24. The van der Waals surface area contributed by atoms with E-state index in [4.69, 9.17) is 0 Å². The summed E-state index contributed by atoms with van der Waals surface area (Å²) < 4.78 is 0.804. The fourth-order valence-corrected chi connectivity index (χ4v) is 2.43. The summed E-state index contributed by atoms with van der Waals surface area (Å²) in [6.07, 6.45) is 1.21. The van der Waals surface area contributed by atoms with Gasteiger partial charge in [0.15, 0.2) is 0 Å². The first-order valence-electron chi connectivity index (χ1n) is 5.45. The van der Waals surface area contributed by atoms with Crippen LogP contribution in [0, 0.1) is 10.1 Å². The minimum Gasteiger partial charge on any atom is -0.391 e. The number of aliphatic hydroxyl groups is 1. The van der Waals surface area contributed by atoms with Crippen molar-refractivity contribution in [2.24, 2.45) is 0 Å². The van der Waals surface area contributed by atoms with Crippen molar-refractivity contribution in [2.75, 3.05) is 18.0 Å². The second-order valence-electron chi connectivity index (χ2n) is 4.13. The third-order valence-electron chi connectivity index (χ3n) is 2.87. The summed E-state index contributed by atoms with van der Waals surface area (Å²) in [7, 11) is 0. The van der Waals surface area contributed by atoms with E-state index in [-0.39, 0.29) is 10.6 Å². The number of β-amino-alcohol motifs (C(OH)–C–C–N with tert-alkyl or cyclic N) is 1. The zero-order chi connectivity index (χ0) is 12.4. The highest BCUT2D eigenvalue weighted by Gasteiger charge is 2.24. The van der Waals surface area contributed by atoms with Crippen LogP contribution in [-0.4, -0.2) is 29.2 Å². The largest absolute Gasteiger partial charge is 0.391 e. The van der Waals surface area contributed by atoms with Gasteiger partial charge in [0.05, 0.1) is 11.0 Å². The van der Waals surface area contributed by atoms with E-state index in [9.17, 15) is 15.2 Å². The zero-order valence-electron chi connectivity index (χ0n) is 9.17. The molecule has 1 aliphatic heterocycles. The van der Waals surface area contributed by atoms with Gasteiger partial charge in [-0.1, -0.05) is 15.9 Å². The summed E-state index contributed by atoms with van der Waals surface area (Å²) in [6, 6.07) is 4.87. The SMILES string of the molecule is O=[N+]([O-])c1ccc(Br)cc1N1CCC[C@H](O)C1. The van der Waals surface area contributed by atoms with Crippen LogP contribution in [0.1, 0.15) is 12.8 Å². The molecule has 1 aliphatic rings. The number of nitrogens with zero attached hydrogens (tertiary/aromatic N) is 2. The van der Waals surface area contributed by atoms with Crippen molar-refractivity contribution >= 4 is 27.3 Å². The number of nitro benzene ring substituents is 1. The number of rotatable bonds is 2. The van der Waals surface area contributed by atoms with Crippen molar-refractivity contribution in [1.82, 2.24) is 0 Å². The number of aliphatic hydroxyl groups excluding tert-OH is 1. The lowest BCUT2D eigenvalue weighted by Crippen LogP contribution is -2.38. The highest BCUT2D eigenvalue weighted by Crippen LogP contribution is 2.32. The number of hydrogen-bond donors (Lipinski definition) is 1. The summed E-state index contributed by atoms with van der Waals surface area (Å²) in [5.74, 6) is 0. The normalized spacial score (nSPS) is 20.4. The van der Waals surface area contributed by atoms with Gasteiger partial charge in [0.2, 0.25) is 0 Å². The molecule has 0 amide bonds. The van der Waals surface area contributed by atoms with Gasteiger partial charge in [0, 0.05) is 23.6 Å². The maximum absolute atomic E-state index is 11.0. The third-order valence-corrected chi connectivity index (χ3v) is 3.36. The molecule has 17 heavy (non-hydrogen) atoms. The molecular weight excluding hydrogens is 288 g/mol. The molecule has 0 aromatic heterocycles. The molecular formula is C11H13BrN2O3. The van der Waals surface area contributed by atoms with Crippen LogP contribution < -0.4 is 4.90 Å². The topological polar surface area (TPSA) is 66.6 Å². The van der Waals surface area contributed by atoms with Gasteiger partial charge < -0.3 is 10.0 Å². The van der Waals surface area contributed by atoms with Gasteiger partial charge in [-0.15, -0.1) is 0 Å². The number of anilines is 1. The molecule has 0 spiro atoms. The first-order chi connectivity index (χ1) is 8.08. The zero-order valence-corrected chi connectivity index (χ0v) is 10.8. The Morgan fingerprint density at radius 1 is 1.53 bits per heavy atom. The molecule has 0 bridgehead atoms. The Balaban J connectivity index is 2.35. The molecule has 1 N–H and O–H groups in total. The lowest BCUT2D eigenvalue weighted by molar-refractivity contribution is -0.384. The van der Waals surface area contributed by atoms with Crippen LogP contribution in [0.5, 0.6) is 0 Å².